The van der Waals surface area contributed by atoms with E-state index in [9.17, 15) is 13.6 Å². The van der Waals surface area contributed by atoms with E-state index in [0.717, 1.165) is 6.07 Å². The van der Waals surface area contributed by atoms with Crippen LogP contribution >= 0.6 is 11.6 Å². The van der Waals surface area contributed by atoms with Crippen LogP contribution in [0.2, 0.25) is 5.02 Å². The van der Waals surface area contributed by atoms with Gasteiger partial charge in [-0.2, -0.15) is 0 Å². The van der Waals surface area contributed by atoms with Crippen molar-refractivity contribution in [1.29, 1.82) is 0 Å². The predicted octanol–water partition coefficient (Wildman–Crippen LogP) is 1.97. The lowest BCUT2D eigenvalue weighted by Gasteiger charge is -2.08. The number of nitrogens with zero attached hydrogens (tertiary/aromatic N) is 1. The Morgan fingerprint density at radius 2 is 2.31 bits per heavy atom. The first-order valence-electron chi connectivity index (χ1n) is 4.25. The van der Waals surface area contributed by atoms with Gasteiger partial charge in [-0.3, -0.25) is 4.79 Å². The van der Waals surface area contributed by atoms with Crippen molar-refractivity contribution in [1.82, 2.24) is 4.98 Å². The Balaban J connectivity index is 3.09. The zero-order chi connectivity index (χ0) is 12.3. The number of alkyl halides is 2. The van der Waals surface area contributed by atoms with Gasteiger partial charge in [-0.05, 0) is 6.07 Å². The molecular weight excluding hydrogens is 242 g/mol. The summed E-state index contributed by atoms with van der Waals surface area (Å²) >= 11 is 5.55. The molecule has 0 aliphatic heterocycles. The van der Waals surface area contributed by atoms with Crippen molar-refractivity contribution in [3.05, 3.63) is 22.3 Å². The number of rotatable bonds is 3. The molecule has 0 radical (unpaired) electrons. The highest BCUT2D eigenvalue weighted by Crippen LogP contribution is 2.30. The third kappa shape index (κ3) is 2.79. The highest BCUT2D eigenvalue weighted by atomic mass is 35.5. The number of aromatic nitrogens is 1. The maximum atomic E-state index is 12.5. The van der Waals surface area contributed by atoms with Crippen molar-refractivity contribution < 1.29 is 18.3 Å². The summed E-state index contributed by atoms with van der Waals surface area (Å²) in [5, 5.41) is -0.288. The van der Waals surface area contributed by atoms with Crippen LogP contribution in [0, 0.1) is 0 Å². The standard InChI is InChI=1S/C9H9ClF2N2O2/c1-16-6(15)3-4-2-5(8(11)12)7(10)9(13)14-4/h2,8H,3H2,1H3,(H2,13,14). The van der Waals surface area contributed by atoms with Crippen molar-refractivity contribution >= 4 is 23.4 Å². The number of nitrogens with two attached hydrogens (primary N) is 1. The second-order valence-electron chi connectivity index (χ2n) is 2.96. The molecule has 4 nitrogen and oxygen atoms in total. The Labute approximate surface area is 95.4 Å². The molecular formula is C9H9ClF2N2O2. The number of pyridine rings is 1. The van der Waals surface area contributed by atoms with Crippen LogP contribution in [0.3, 0.4) is 0 Å². The van der Waals surface area contributed by atoms with E-state index < -0.39 is 18.0 Å². The van der Waals surface area contributed by atoms with Crippen LogP contribution in [-0.2, 0) is 16.0 Å². The highest BCUT2D eigenvalue weighted by molar-refractivity contribution is 6.33. The number of nitrogen functional groups attached to an aromatic ring is 1. The van der Waals surface area contributed by atoms with E-state index in [1.165, 1.54) is 7.11 Å². The van der Waals surface area contributed by atoms with Gasteiger partial charge in [-0.25, -0.2) is 13.8 Å². The van der Waals surface area contributed by atoms with E-state index in [-0.39, 0.29) is 23.0 Å². The van der Waals surface area contributed by atoms with E-state index in [2.05, 4.69) is 9.72 Å². The van der Waals surface area contributed by atoms with E-state index in [0.29, 0.717) is 0 Å². The van der Waals surface area contributed by atoms with Gasteiger partial charge in [-0.15, -0.1) is 0 Å². The van der Waals surface area contributed by atoms with Crippen LogP contribution in [0.4, 0.5) is 14.6 Å². The largest absolute Gasteiger partial charge is 0.469 e. The zero-order valence-corrected chi connectivity index (χ0v) is 9.09. The molecule has 0 saturated heterocycles. The molecule has 0 aliphatic carbocycles. The predicted molar refractivity (Wildman–Crippen MR) is 54.3 cm³/mol. The molecule has 0 bridgehead atoms. The number of hydrogen-bond donors (Lipinski definition) is 1. The summed E-state index contributed by atoms with van der Waals surface area (Å²) in [6, 6.07) is 1.04. The molecule has 2 N–H and O–H groups in total. The molecule has 1 rings (SSSR count). The van der Waals surface area contributed by atoms with E-state index in [1.54, 1.807) is 0 Å². The fourth-order valence-corrected chi connectivity index (χ4v) is 1.28. The minimum Gasteiger partial charge on any atom is -0.469 e. The number of carbonyl (C=O) groups excluding carboxylic acids is 1. The summed E-state index contributed by atoms with van der Waals surface area (Å²) in [5.74, 6) is -0.812. The van der Waals surface area contributed by atoms with Crippen LogP contribution in [-0.4, -0.2) is 18.1 Å². The fraction of sp³-hybridized carbons (Fsp3) is 0.333. The molecule has 0 saturated carbocycles. The Morgan fingerprint density at radius 3 is 2.81 bits per heavy atom. The number of methoxy groups -OCH3 is 1. The molecule has 1 heterocycles. The number of esters is 1. The van der Waals surface area contributed by atoms with E-state index in [4.69, 9.17) is 17.3 Å². The summed E-state index contributed by atoms with van der Waals surface area (Å²) in [6.07, 6.45) is -2.99. The summed E-state index contributed by atoms with van der Waals surface area (Å²) in [4.78, 5) is 14.7. The maximum Gasteiger partial charge on any atom is 0.311 e. The van der Waals surface area contributed by atoms with Gasteiger partial charge in [0.15, 0.2) is 0 Å². The average molecular weight is 251 g/mol. The normalized spacial score (nSPS) is 10.6. The van der Waals surface area contributed by atoms with E-state index in [1.807, 2.05) is 0 Å². The average Bonchev–Trinajstić information content (AvgIpc) is 2.22. The third-order valence-electron chi connectivity index (χ3n) is 1.85. The number of carbonyl (C=O) groups is 1. The second-order valence-corrected chi connectivity index (χ2v) is 3.33. The number of hydrogen-bond acceptors (Lipinski definition) is 4. The molecule has 0 aliphatic rings. The lowest BCUT2D eigenvalue weighted by Crippen LogP contribution is -2.08. The van der Waals surface area contributed by atoms with Gasteiger partial charge in [0.25, 0.3) is 6.43 Å². The molecule has 0 fully saturated rings. The van der Waals surface area contributed by atoms with Gasteiger partial charge in [0.1, 0.15) is 5.82 Å². The van der Waals surface area contributed by atoms with Crippen LogP contribution in [0.25, 0.3) is 0 Å². The van der Waals surface area contributed by atoms with Crippen molar-refractivity contribution in [3.8, 4) is 0 Å². The Kier molecular flexibility index (Phi) is 4.00. The SMILES string of the molecule is COC(=O)Cc1cc(C(F)F)c(Cl)c(N)n1. The van der Waals surface area contributed by atoms with Gasteiger partial charge in [-0.1, -0.05) is 11.6 Å². The molecule has 7 heteroatoms. The first kappa shape index (κ1) is 12.6. The minimum absolute atomic E-state index is 0.101. The van der Waals surface area contributed by atoms with Crippen LogP contribution in [0.15, 0.2) is 6.07 Å². The molecule has 0 amide bonds. The van der Waals surface area contributed by atoms with E-state index >= 15 is 0 Å². The summed E-state index contributed by atoms with van der Waals surface area (Å²) in [6.45, 7) is 0. The van der Waals surface area contributed by atoms with Crippen LogP contribution in [0.5, 0.6) is 0 Å². The van der Waals surface area contributed by atoms with Crippen molar-refractivity contribution in [2.45, 2.75) is 12.8 Å². The fourth-order valence-electron chi connectivity index (χ4n) is 1.10. The Morgan fingerprint density at radius 1 is 1.69 bits per heavy atom. The smallest absolute Gasteiger partial charge is 0.311 e. The van der Waals surface area contributed by atoms with Crippen molar-refractivity contribution in [2.75, 3.05) is 12.8 Å². The van der Waals surface area contributed by atoms with Gasteiger partial charge in [0, 0.05) is 5.56 Å². The molecule has 1 aromatic heterocycles. The molecule has 0 aromatic carbocycles. The van der Waals surface area contributed by atoms with Crippen molar-refractivity contribution in [2.24, 2.45) is 0 Å². The molecule has 0 unspecified atom stereocenters. The maximum absolute atomic E-state index is 12.5. The Bertz CT molecular complexity index is 413. The first-order chi connectivity index (χ1) is 7.45. The summed E-state index contributed by atoms with van der Waals surface area (Å²) in [5.41, 5.74) is 5.01. The van der Waals surface area contributed by atoms with Gasteiger partial charge in [0.05, 0.1) is 24.2 Å². The lowest BCUT2D eigenvalue weighted by atomic mass is 10.2. The molecule has 16 heavy (non-hydrogen) atoms. The van der Waals surface area contributed by atoms with Gasteiger partial charge < -0.3 is 10.5 Å². The van der Waals surface area contributed by atoms with Crippen LogP contribution < -0.4 is 5.73 Å². The zero-order valence-electron chi connectivity index (χ0n) is 8.34. The quantitative estimate of drug-likeness (QED) is 0.833. The first-order valence-corrected chi connectivity index (χ1v) is 4.63. The minimum atomic E-state index is -2.77. The van der Waals surface area contributed by atoms with Gasteiger partial charge in [0.2, 0.25) is 0 Å². The number of ether oxygens (including phenoxy) is 1. The number of anilines is 1. The molecule has 0 atom stereocenters. The number of halogens is 3. The van der Waals surface area contributed by atoms with Crippen molar-refractivity contribution in [3.63, 3.8) is 0 Å². The topological polar surface area (TPSA) is 65.2 Å². The summed E-state index contributed by atoms with van der Waals surface area (Å²) in [7, 11) is 1.19. The molecule has 0 spiro atoms. The Hall–Kier alpha value is -1.43. The monoisotopic (exact) mass is 250 g/mol. The molecule has 1 aromatic rings. The third-order valence-corrected chi connectivity index (χ3v) is 2.26. The second kappa shape index (κ2) is 5.07. The highest BCUT2D eigenvalue weighted by Gasteiger charge is 2.17. The summed E-state index contributed by atoms with van der Waals surface area (Å²) < 4.78 is 29.4. The van der Waals surface area contributed by atoms with Gasteiger partial charge >= 0.3 is 5.97 Å². The lowest BCUT2D eigenvalue weighted by molar-refractivity contribution is -0.139. The molecule has 88 valence electrons. The van der Waals surface area contributed by atoms with Crippen LogP contribution in [0.1, 0.15) is 17.7 Å².